The molecule has 0 N–H and O–H groups in total. The van der Waals surface area contributed by atoms with Crippen LogP contribution in [0.2, 0.25) is 18.1 Å². The van der Waals surface area contributed by atoms with E-state index in [1.54, 1.807) is 21.6 Å². The Labute approximate surface area is 196 Å². The molecule has 1 saturated heterocycles. The average Bonchev–Trinajstić information content (AvgIpc) is 3.26. The Bertz CT molecular complexity index is 1130. The smallest absolute Gasteiger partial charge is 0.298 e. The van der Waals surface area contributed by atoms with E-state index in [2.05, 4.69) is 49.1 Å². The van der Waals surface area contributed by atoms with Gasteiger partial charge in [0, 0.05) is 31.6 Å². The average molecular weight is 467 g/mol. The number of aromatic nitrogens is 5. The highest BCUT2D eigenvalue weighted by molar-refractivity contribution is 6.74. The molecule has 2 aromatic heterocycles. The van der Waals surface area contributed by atoms with Gasteiger partial charge in [-0.05, 0) is 61.7 Å². The molecule has 1 aromatic carbocycles. The van der Waals surface area contributed by atoms with Crippen LogP contribution in [0, 0.1) is 0 Å². The van der Waals surface area contributed by atoms with Crippen molar-refractivity contribution in [1.82, 2.24) is 24.5 Å². The first kappa shape index (κ1) is 23.4. The van der Waals surface area contributed by atoms with Crippen LogP contribution < -0.4 is 10.5 Å². The van der Waals surface area contributed by atoms with Crippen LogP contribution in [-0.4, -0.2) is 52.6 Å². The molecule has 1 aliphatic heterocycles. The Morgan fingerprint density at radius 2 is 1.79 bits per heavy atom. The fourth-order valence-corrected chi connectivity index (χ4v) is 4.57. The van der Waals surface area contributed by atoms with Crippen LogP contribution in [0.1, 0.15) is 39.3 Å². The van der Waals surface area contributed by atoms with Crippen LogP contribution in [-0.2, 0) is 10.8 Å². The van der Waals surface area contributed by atoms with Crippen LogP contribution in [0.3, 0.4) is 0 Å². The minimum absolute atomic E-state index is 0.0792. The lowest BCUT2D eigenvalue weighted by Crippen LogP contribution is -2.42. The van der Waals surface area contributed by atoms with Crippen molar-refractivity contribution in [2.24, 2.45) is 0 Å². The standard InChI is InChI=1S/C24H34N6O2Si/c1-24(2,3)33(4,5)32-17-6-8-19-18-29(23(31)22(26-19)28-14-7-15-28)20-9-11-21(12-10-20)30-16-13-25-27-30/h9-13,16,18H,6-8,14-15,17H2,1-5H3. The third-order valence-electron chi connectivity index (χ3n) is 6.75. The number of aryl methyl sites for hydroxylation is 1. The second-order valence-corrected chi connectivity index (χ2v) is 15.0. The van der Waals surface area contributed by atoms with E-state index in [-0.39, 0.29) is 10.6 Å². The van der Waals surface area contributed by atoms with Gasteiger partial charge in [-0.2, -0.15) is 0 Å². The number of benzene rings is 1. The molecule has 0 unspecified atom stereocenters. The summed E-state index contributed by atoms with van der Waals surface area (Å²) in [5.74, 6) is 0.546. The molecule has 0 atom stereocenters. The Hall–Kier alpha value is -2.78. The quantitative estimate of drug-likeness (QED) is 0.369. The summed E-state index contributed by atoms with van der Waals surface area (Å²) in [6.07, 6.45) is 8.05. The second kappa shape index (κ2) is 9.22. The van der Waals surface area contributed by atoms with Gasteiger partial charge in [-0.1, -0.05) is 26.0 Å². The largest absolute Gasteiger partial charge is 0.417 e. The summed E-state index contributed by atoms with van der Waals surface area (Å²) in [5.41, 5.74) is 2.54. The molecule has 0 radical (unpaired) electrons. The normalized spacial score (nSPS) is 14.4. The summed E-state index contributed by atoms with van der Waals surface area (Å²) >= 11 is 0. The van der Waals surface area contributed by atoms with Crippen LogP contribution >= 0.6 is 0 Å². The first-order valence-corrected chi connectivity index (χ1v) is 14.6. The van der Waals surface area contributed by atoms with Crippen LogP contribution in [0.15, 0.2) is 47.7 Å². The van der Waals surface area contributed by atoms with E-state index < -0.39 is 8.32 Å². The predicted molar refractivity (Wildman–Crippen MR) is 133 cm³/mol. The molecule has 9 heteroatoms. The molecule has 1 aliphatic rings. The molecule has 4 rings (SSSR count). The zero-order valence-electron chi connectivity index (χ0n) is 20.3. The Kier molecular flexibility index (Phi) is 6.53. The van der Waals surface area contributed by atoms with Gasteiger partial charge in [0.05, 0.1) is 23.8 Å². The number of hydrogen-bond donors (Lipinski definition) is 0. The molecular formula is C24H34N6O2Si. The fraction of sp³-hybridized carbons (Fsp3) is 0.500. The molecule has 8 nitrogen and oxygen atoms in total. The molecule has 33 heavy (non-hydrogen) atoms. The summed E-state index contributed by atoms with van der Waals surface area (Å²) in [4.78, 5) is 20.1. The molecule has 0 saturated carbocycles. The summed E-state index contributed by atoms with van der Waals surface area (Å²) in [7, 11) is -1.76. The molecule has 0 amide bonds. The van der Waals surface area contributed by atoms with E-state index in [4.69, 9.17) is 9.41 Å². The lowest BCUT2D eigenvalue weighted by atomic mass is 10.2. The highest BCUT2D eigenvalue weighted by atomic mass is 28.4. The van der Waals surface area contributed by atoms with Crippen LogP contribution in [0.4, 0.5) is 5.82 Å². The molecule has 0 bridgehead atoms. The van der Waals surface area contributed by atoms with Crippen molar-refractivity contribution in [2.75, 3.05) is 24.6 Å². The van der Waals surface area contributed by atoms with E-state index in [9.17, 15) is 4.79 Å². The van der Waals surface area contributed by atoms with Gasteiger partial charge in [-0.15, -0.1) is 5.10 Å². The Balaban J connectivity index is 1.55. The summed E-state index contributed by atoms with van der Waals surface area (Å²) in [6.45, 7) is 13.8. The fourth-order valence-electron chi connectivity index (χ4n) is 3.48. The highest BCUT2D eigenvalue weighted by Gasteiger charge is 2.36. The molecule has 0 aliphatic carbocycles. The van der Waals surface area contributed by atoms with Gasteiger partial charge in [-0.3, -0.25) is 9.36 Å². The van der Waals surface area contributed by atoms with Gasteiger partial charge >= 0.3 is 0 Å². The zero-order chi connectivity index (χ0) is 23.6. The molecule has 3 aromatic rings. The first-order chi connectivity index (χ1) is 15.7. The second-order valence-electron chi connectivity index (χ2n) is 10.1. The third-order valence-corrected chi connectivity index (χ3v) is 11.3. The van der Waals surface area contributed by atoms with Crippen LogP contribution in [0.25, 0.3) is 11.4 Å². The lowest BCUT2D eigenvalue weighted by Gasteiger charge is -2.36. The number of hydrogen-bond acceptors (Lipinski definition) is 6. The maximum absolute atomic E-state index is 13.3. The van der Waals surface area contributed by atoms with Crippen LogP contribution in [0.5, 0.6) is 0 Å². The molecule has 0 spiro atoms. The first-order valence-electron chi connectivity index (χ1n) is 11.6. The molecular weight excluding hydrogens is 432 g/mol. The van der Waals surface area contributed by atoms with Gasteiger partial charge in [0.2, 0.25) is 0 Å². The minimum Gasteiger partial charge on any atom is -0.417 e. The van der Waals surface area contributed by atoms with E-state index in [0.29, 0.717) is 12.4 Å². The zero-order valence-corrected chi connectivity index (χ0v) is 21.3. The predicted octanol–water partition coefficient (Wildman–Crippen LogP) is 3.98. The van der Waals surface area contributed by atoms with Crippen molar-refractivity contribution in [2.45, 2.75) is 58.2 Å². The van der Waals surface area contributed by atoms with E-state index >= 15 is 0 Å². The summed E-state index contributed by atoms with van der Waals surface area (Å²) < 4.78 is 9.74. The molecule has 3 heterocycles. The van der Waals surface area contributed by atoms with Crippen molar-refractivity contribution in [1.29, 1.82) is 0 Å². The maximum Gasteiger partial charge on any atom is 0.298 e. The minimum atomic E-state index is -1.76. The van der Waals surface area contributed by atoms with E-state index in [1.807, 2.05) is 30.5 Å². The maximum atomic E-state index is 13.3. The van der Waals surface area contributed by atoms with Gasteiger partial charge in [0.15, 0.2) is 14.1 Å². The van der Waals surface area contributed by atoms with E-state index in [0.717, 1.165) is 49.4 Å². The monoisotopic (exact) mass is 466 g/mol. The molecule has 1 fully saturated rings. The van der Waals surface area contributed by atoms with Gasteiger partial charge < -0.3 is 9.33 Å². The highest BCUT2D eigenvalue weighted by Crippen LogP contribution is 2.36. The van der Waals surface area contributed by atoms with Crippen molar-refractivity contribution >= 4 is 14.1 Å². The number of nitrogens with zero attached hydrogens (tertiary/aromatic N) is 6. The summed E-state index contributed by atoms with van der Waals surface area (Å²) in [5, 5.41) is 8.07. The van der Waals surface area contributed by atoms with Crippen molar-refractivity contribution in [3.8, 4) is 11.4 Å². The van der Waals surface area contributed by atoms with Crippen molar-refractivity contribution in [3.05, 3.63) is 58.9 Å². The molecule has 176 valence electrons. The number of rotatable bonds is 8. The van der Waals surface area contributed by atoms with Gasteiger partial charge in [0.25, 0.3) is 5.56 Å². The van der Waals surface area contributed by atoms with E-state index in [1.165, 1.54) is 0 Å². The number of anilines is 1. The Morgan fingerprint density at radius 1 is 1.09 bits per heavy atom. The van der Waals surface area contributed by atoms with Crippen molar-refractivity contribution in [3.63, 3.8) is 0 Å². The third kappa shape index (κ3) is 5.09. The lowest BCUT2D eigenvalue weighted by molar-refractivity contribution is 0.282. The van der Waals surface area contributed by atoms with Gasteiger partial charge in [-0.25, -0.2) is 9.67 Å². The summed E-state index contributed by atoms with van der Waals surface area (Å²) in [6, 6.07) is 7.74. The van der Waals surface area contributed by atoms with Crippen molar-refractivity contribution < 1.29 is 4.43 Å². The van der Waals surface area contributed by atoms with Gasteiger partial charge in [0.1, 0.15) is 0 Å². The SMILES string of the molecule is CC(C)(C)[Si](C)(C)OCCCc1cn(-c2ccc(-n3ccnn3)cc2)c(=O)c(N2CCC2)n1. The topological polar surface area (TPSA) is 78.1 Å². The Morgan fingerprint density at radius 3 is 2.36 bits per heavy atom.